The van der Waals surface area contributed by atoms with Gasteiger partial charge in [-0.1, -0.05) is 29.8 Å². The third kappa shape index (κ3) is 5.81. The number of hydrogen-bond acceptors (Lipinski definition) is 6. The molecule has 0 aliphatic carbocycles. The Bertz CT molecular complexity index is 1180. The lowest BCUT2D eigenvalue weighted by atomic mass is 10.0. The largest absolute Gasteiger partial charge is 0.458 e. The van der Waals surface area contributed by atoms with E-state index >= 15 is 0 Å². The first kappa shape index (κ1) is 24.1. The highest BCUT2D eigenvalue weighted by molar-refractivity contribution is 7.14. The summed E-state index contributed by atoms with van der Waals surface area (Å²) in [6.45, 7) is 6.82. The first-order valence-electron chi connectivity index (χ1n) is 10.2. The Hall–Kier alpha value is -3.59. The van der Waals surface area contributed by atoms with Crippen molar-refractivity contribution in [2.45, 2.75) is 34.3 Å². The number of carbonyl (C=O) groups excluding carboxylic acids is 3. The number of amides is 2. The molecule has 0 unspecified atom stereocenters. The minimum absolute atomic E-state index is 0.123. The Morgan fingerprint density at radius 2 is 1.79 bits per heavy atom. The van der Waals surface area contributed by atoms with Gasteiger partial charge >= 0.3 is 5.97 Å². The van der Waals surface area contributed by atoms with Crippen LogP contribution in [0.4, 0.5) is 15.2 Å². The summed E-state index contributed by atoms with van der Waals surface area (Å²) in [4.78, 5) is 42.4. The molecule has 1 heterocycles. The van der Waals surface area contributed by atoms with E-state index in [1.165, 1.54) is 36.5 Å². The zero-order valence-corrected chi connectivity index (χ0v) is 19.6. The fraction of sp³-hybridized carbons (Fsp3) is 0.250. The van der Waals surface area contributed by atoms with Crippen molar-refractivity contribution in [1.82, 2.24) is 10.3 Å². The zero-order valence-electron chi connectivity index (χ0n) is 18.8. The summed E-state index contributed by atoms with van der Waals surface area (Å²) in [6.07, 6.45) is 0. The molecular formula is C24H24FN3O4S. The van der Waals surface area contributed by atoms with E-state index in [9.17, 15) is 18.8 Å². The molecule has 2 amide bonds. The first-order valence-corrected chi connectivity index (χ1v) is 11.1. The van der Waals surface area contributed by atoms with Crippen LogP contribution in [0, 0.1) is 26.6 Å². The number of hydrogen-bond donors (Lipinski definition) is 1. The maximum atomic E-state index is 13.6. The average Bonchev–Trinajstić information content (AvgIpc) is 3.21. The van der Waals surface area contributed by atoms with Crippen LogP contribution in [0.2, 0.25) is 0 Å². The topological polar surface area (TPSA) is 88.6 Å². The summed E-state index contributed by atoms with van der Waals surface area (Å²) < 4.78 is 18.8. The van der Waals surface area contributed by atoms with E-state index in [4.69, 9.17) is 4.74 Å². The highest BCUT2D eigenvalue weighted by Gasteiger charge is 2.22. The third-order valence-corrected chi connectivity index (χ3v) is 5.67. The maximum Gasteiger partial charge on any atom is 0.325 e. The predicted octanol–water partition coefficient (Wildman–Crippen LogP) is 4.37. The maximum absolute atomic E-state index is 13.6. The Labute approximate surface area is 195 Å². The minimum Gasteiger partial charge on any atom is -0.458 e. The number of nitrogens with zero attached hydrogens (tertiary/aromatic N) is 2. The molecule has 0 aliphatic rings. The smallest absolute Gasteiger partial charge is 0.325 e. The molecule has 0 saturated heterocycles. The summed E-state index contributed by atoms with van der Waals surface area (Å²) in [5, 5.41) is 4.50. The van der Waals surface area contributed by atoms with Gasteiger partial charge in [-0.05, 0) is 44.0 Å². The third-order valence-electron chi connectivity index (χ3n) is 4.80. The Kier molecular flexibility index (Phi) is 7.55. The quantitative estimate of drug-likeness (QED) is 0.519. The Morgan fingerprint density at radius 1 is 1.12 bits per heavy atom. The molecule has 1 aromatic heterocycles. The molecule has 1 N–H and O–H groups in total. The van der Waals surface area contributed by atoms with Gasteiger partial charge < -0.3 is 10.1 Å². The number of rotatable bonds is 7. The number of benzene rings is 2. The number of anilines is 2. The zero-order chi connectivity index (χ0) is 24.1. The highest BCUT2D eigenvalue weighted by Crippen LogP contribution is 2.34. The summed E-state index contributed by atoms with van der Waals surface area (Å²) in [6, 6.07) is 9.49. The number of aromatic nitrogens is 1. The molecule has 0 saturated carbocycles. The number of halogens is 1. The van der Waals surface area contributed by atoms with Gasteiger partial charge in [0.05, 0.1) is 16.9 Å². The molecule has 0 atom stereocenters. The summed E-state index contributed by atoms with van der Waals surface area (Å²) >= 11 is 1.26. The molecule has 0 spiro atoms. The molecule has 3 aromatic rings. The number of ether oxygens (including phenoxy) is 1. The number of nitrogens with one attached hydrogen (secondary N) is 1. The lowest BCUT2D eigenvalue weighted by Crippen LogP contribution is -2.31. The monoisotopic (exact) mass is 469 g/mol. The van der Waals surface area contributed by atoms with Gasteiger partial charge in [0.2, 0.25) is 5.91 Å². The number of esters is 1. The van der Waals surface area contributed by atoms with Gasteiger partial charge in [0, 0.05) is 12.3 Å². The second-order valence-corrected chi connectivity index (χ2v) is 8.38. The predicted molar refractivity (Wildman–Crippen MR) is 124 cm³/mol. The van der Waals surface area contributed by atoms with Crippen molar-refractivity contribution in [2.75, 3.05) is 11.4 Å². The fourth-order valence-electron chi connectivity index (χ4n) is 3.48. The van der Waals surface area contributed by atoms with Crippen molar-refractivity contribution >= 4 is 39.9 Å². The summed E-state index contributed by atoms with van der Waals surface area (Å²) in [5.41, 5.74) is 4.11. The molecule has 3 rings (SSSR count). The number of aryl methyl sites for hydroxylation is 3. The fourth-order valence-corrected chi connectivity index (χ4v) is 4.33. The van der Waals surface area contributed by atoms with Crippen LogP contribution in [0.1, 0.15) is 39.7 Å². The lowest BCUT2D eigenvalue weighted by Gasteiger charge is -2.23. The van der Waals surface area contributed by atoms with Crippen LogP contribution in [0.5, 0.6) is 0 Å². The van der Waals surface area contributed by atoms with Crippen LogP contribution in [0.3, 0.4) is 0 Å². The molecule has 7 nitrogen and oxygen atoms in total. The van der Waals surface area contributed by atoms with Gasteiger partial charge in [-0.2, -0.15) is 0 Å². The normalized spacial score (nSPS) is 10.6. The number of thiazole rings is 1. The standard InChI is InChI=1S/C24H24FN3O4S/c1-14-9-15(2)22(16(3)10-14)28(17(4)29)24-27-18(13-33-24)12-32-21(30)11-26-23(31)19-7-5-6-8-20(19)25/h5-10,13H,11-12H2,1-4H3,(H,26,31). The van der Waals surface area contributed by atoms with Crippen molar-refractivity contribution < 1.29 is 23.5 Å². The molecule has 9 heteroatoms. The van der Waals surface area contributed by atoms with E-state index in [2.05, 4.69) is 10.3 Å². The van der Waals surface area contributed by atoms with Crippen LogP contribution >= 0.6 is 11.3 Å². The SMILES string of the molecule is CC(=O)N(c1nc(COC(=O)CNC(=O)c2ccccc2F)cs1)c1c(C)cc(C)cc1C. The van der Waals surface area contributed by atoms with E-state index in [0.29, 0.717) is 10.8 Å². The van der Waals surface area contributed by atoms with Crippen LogP contribution in [0.15, 0.2) is 41.8 Å². The van der Waals surface area contributed by atoms with Crippen molar-refractivity contribution in [1.29, 1.82) is 0 Å². The van der Waals surface area contributed by atoms with Crippen molar-refractivity contribution in [3.63, 3.8) is 0 Å². The molecule has 0 radical (unpaired) electrons. The molecule has 0 bridgehead atoms. The van der Waals surface area contributed by atoms with E-state index in [-0.39, 0.29) is 18.1 Å². The molecule has 33 heavy (non-hydrogen) atoms. The van der Waals surface area contributed by atoms with Crippen LogP contribution < -0.4 is 10.2 Å². The van der Waals surface area contributed by atoms with Crippen LogP contribution in [0.25, 0.3) is 0 Å². The van der Waals surface area contributed by atoms with Gasteiger partial charge in [-0.25, -0.2) is 9.37 Å². The Morgan fingerprint density at radius 3 is 2.42 bits per heavy atom. The van der Waals surface area contributed by atoms with Crippen LogP contribution in [-0.4, -0.2) is 29.3 Å². The summed E-state index contributed by atoms with van der Waals surface area (Å²) in [5.74, 6) is -2.25. The van der Waals surface area contributed by atoms with Gasteiger partial charge in [0.25, 0.3) is 5.91 Å². The second-order valence-electron chi connectivity index (χ2n) is 7.55. The van der Waals surface area contributed by atoms with Gasteiger partial charge in [-0.3, -0.25) is 19.3 Å². The van der Waals surface area contributed by atoms with E-state index in [0.717, 1.165) is 28.4 Å². The van der Waals surface area contributed by atoms with Crippen molar-refractivity contribution in [3.05, 3.63) is 75.5 Å². The molecule has 2 aromatic carbocycles. The van der Waals surface area contributed by atoms with E-state index in [1.807, 2.05) is 32.9 Å². The van der Waals surface area contributed by atoms with Gasteiger partial charge in [0.15, 0.2) is 5.13 Å². The number of carbonyl (C=O) groups is 3. The minimum atomic E-state index is -0.707. The van der Waals surface area contributed by atoms with Crippen LogP contribution in [-0.2, 0) is 20.9 Å². The van der Waals surface area contributed by atoms with Crippen molar-refractivity contribution in [3.8, 4) is 0 Å². The lowest BCUT2D eigenvalue weighted by molar-refractivity contribution is -0.143. The summed E-state index contributed by atoms with van der Waals surface area (Å²) in [7, 11) is 0. The van der Waals surface area contributed by atoms with Crippen molar-refractivity contribution in [2.24, 2.45) is 0 Å². The van der Waals surface area contributed by atoms with Gasteiger partial charge in [-0.15, -0.1) is 11.3 Å². The molecule has 0 aliphatic heterocycles. The first-order chi connectivity index (χ1) is 15.7. The van der Waals surface area contributed by atoms with E-state index in [1.54, 1.807) is 10.3 Å². The molecule has 0 fully saturated rings. The molecular weight excluding hydrogens is 445 g/mol. The molecule has 172 valence electrons. The highest BCUT2D eigenvalue weighted by atomic mass is 32.1. The second kappa shape index (κ2) is 10.4. The Balaban J connectivity index is 1.63. The van der Waals surface area contributed by atoms with E-state index < -0.39 is 24.2 Å². The average molecular weight is 470 g/mol. The van der Waals surface area contributed by atoms with Gasteiger partial charge in [0.1, 0.15) is 19.0 Å².